The van der Waals surface area contributed by atoms with Crippen LogP contribution in [0.3, 0.4) is 0 Å². The summed E-state index contributed by atoms with van der Waals surface area (Å²) in [5.41, 5.74) is 2.01. The van der Waals surface area contributed by atoms with E-state index in [1.807, 2.05) is 31.2 Å². The van der Waals surface area contributed by atoms with Crippen molar-refractivity contribution in [2.75, 3.05) is 25.1 Å². The van der Waals surface area contributed by atoms with Gasteiger partial charge >= 0.3 is 6.03 Å². The second-order valence-corrected chi connectivity index (χ2v) is 4.76. The third-order valence-electron chi connectivity index (χ3n) is 3.20. The lowest BCUT2D eigenvalue weighted by Gasteiger charge is -2.22. The summed E-state index contributed by atoms with van der Waals surface area (Å²) in [6.45, 7) is 4.37. The van der Waals surface area contributed by atoms with Crippen molar-refractivity contribution in [1.29, 1.82) is 0 Å². The smallest absolute Gasteiger partial charge is 0.319 e. The molecule has 0 bridgehead atoms. The molecule has 1 aromatic carbocycles. The molecule has 1 aliphatic rings. The molecule has 1 aliphatic heterocycles. The Kier molecular flexibility index (Phi) is 4.59. The van der Waals surface area contributed by atoms with Gasteiger partial charge in [-0.05, 0) is 37.8 Å². The first kappa shape index (κ1) is 12.9. The van der Waals surface area contributed by atoms with Crippen LogP contribution in [0.1, 0.15) is 18.4 Å². The molecule has 0 atom stereocenters. The normalized spacial score (nSPS) is 16.3. The van der Waals surface area contributed by atoms with Crippen LogP contribution < -0.4 is 10.6 Å². The van der Waals surface area contributed by atoms with Gasteiger partial charge in [0.05, 0.1) is 0 Å². The second-order valence-electron chi connectivity index (χ2n) is 4.76. The molecule has 0 saturated carbocycles. The first-order valence-electron chi connectivity index (χ1n) is 6.43. The lowest BCUT2D eigenvalue weighted by Crippen LogP contribution is -2.35. The fourth-order valence-electron chi connectivity index (χ4n) is 2.00. The highest BCUT2D eigenvalue weighted by atomic mass is 16.5. The number of aryl methyl sites for hydroxylation is 1. The Morgan fingerprint density at radius 3 is 2.61 bits per heavy atom. The molecule has 0 aliphatic carbocycles. The van der Waals surface area contributed by atoms with E-state index in [0.29, 0.717) is 5.92 Å². The maximum absolute atomic E-state index is 11.7. The van der Waals surface area contributed by atoms with Crippen molar-refractivity contribution in [2.45, 2.75) is 19.8 Å². The number of benzene rings is 1. The van der Waals surface area contributed by atoms with E-state index in [2.05, 4.69) is 10.6 Å². The molecule has 1 aromatic rings. The Labute approximate surface area is 108 Å². The Morgan fingerprint density at radius 1 is 1.28 bits per heavy atom. The average molecular weight is 248 g/mol. The van der Waals surface area contributed by atoms with Crippen LogP contribution >= 0.6 is 0 Å². The highest BCUT2D eigenvalue weighted by Crippen LogP contribution is 2.13. The summed E-state index contributed by atoms with van der Waals surface area (Å²) >= 11 is 0. The molecule has 98 valence electrons. The van der Waals surface area contributed by atoms with E-state index in [9.17, 15) is 4.79 Å². The molecule has 2 rings (SSSR count). The third kappa shape index (κ3) is 4.04. The fourth-order valence-corrected chi connectivity index (χ4v) is 2.00. The highest BCUT2D eigenvalue weighted by Gasteiger charge is 2.14. The molecule has 4 nitrogen and oxygen atoms in total. The van der Waals surface area contributed by atoms with Crippen LogP contribution in [0, 0.1) is 12.8 Å². The molecule has 4 heteroatoms. The van der Waals surface area contributed by atoms with Gasteiger partial charge < -0.3 is 15.4 Å². The van der Waals surface area contributed by atoms with Crippen LogP contribution in [-0.2, 0) is 4.74 Å². The van der Waals surface area contributed by atoms with E-state index in [4.69, 9.17) is 4.74 Å². The molecular formula is C14H20N2O2. The van der Waals surface area contributed by atoms with Crippen molar-refractivity contribution < 1.29 is 9.53 Å². The van der Waals surface area contributed by atoms with Crippen molar-refractivity contribution in [2.24, 2.45) is 5.92 Å². The van der Waals surface area contributed by atoms with Crippen molar-refractivity contribution >= 4 is 11.7 Å². The van der Waals surface area contributed by atoms with E-state index in [0.717, 1.165) is 38.3 Å². The van der Waals surface area contributed by atoms with Crippen LogP contribution in [-0.4, -0.2) is 25.8 Å². The van der Waals surface area contributed by atoms with Crippen molar-refractivity contribution in [1.82, 2.24) is 5.32 Å². The molecule has 1 fully saturated rings. The van der Waals surface area contributed by atoms with Crippen molar-refractivity contribution in [3.63, 3.8) is 0 Å². The van der Waals surface area contributed by atoms with E-state index in [1.165, 1.54) is 5.56 Å². The average Bonchev–Trinajstić information content (AvgIpc) is 2.40. The van der Waals surface area contributed by atoms with Gasteiger partial charge in [0, 0.05) is 25.4 Å². The lowest BCUT2D eigenvalue weighted by atomic mass is 10.0. The van der Waals surface area contributed by atoms with E-state index >= 15 is 0 Å². The van der Waals surface area contributed by atoms with Gasteiger partial charge in [0.1, 0.15) is 0 Å². The third-order valence-corrected chi connectivity index (χ3v) is 3.20. The van der Waals surface area contributed by atoms with Crippen LogP contribution in [0.5, 0.6) is 0 Å². The van der Waals surface area contributed by atoms with Crippen molar-refractivity contribution in [3.05, 3.63) is 29.8 Å². The molecule has 0 unspecified atom stereocenters. The van der Waals surface area contributed by atoms with Gasteiger partial charge in [-0.15, -0.1) is 0 Å². The number of anilines is 1. The molecule has 18 heavy (non-hydrogen) atoms. The Morgan fingerprint density at radius 2 is 1.94 bits per heavy atom. The quantitative estimate of drug-likeness (QED) is 0.863. The summed E-state index contributed by atoms with van der Waals surface area (Å²) in [6, 6.07) is 7.64. The van der Waals surface area contributed by atoms with Gasteiger partial charge in [0.2, 0.25) is 0 Å². The Bertz CT molecular complexity index is 383. The number of carbonyl (C=O) groups excluding carboxylic acids is 1. The predicted molar refractivity (Wildman–Crippen MR) is 71.7 cm³/mol. The number of amides is 2. The van der Waals surface area contributed by atoms with Crippen LogP contribution in [0.4, 0.5) is 10.5 Å². The van der Waals surface area contributed by atoms with Gasteiger partial charge in [-0.3, -0.25) is 0 Å². The zero-order valence-electron chi connectivity index (χ0n) is 10.7. The SMILES string of the molecule is Cc1ccc(NC(=O)NCC2CCOCC2)cc1. The standard InChI is InChI=1S/C14H20N2O2/c1-11-2-4-13(5-3-11)16-14(17)15-10-12-6-8-18-9-7-12/h2-5,12H,6-10H2,1H3,(H2,15,16,17). The lowest BCUT2D eigenvalue weighted by molar-refractivity contribution is 0.0671. The zero-order valence-corrected chi connectivity index (χ0v) is 10.7. The molecule has 2 amide bonds. The van der Waals surface area contributed by atoms with Crippen molar-refractivity contribution in [3.8, 4) is 0 Å². The maximum atomic E-state index is 11.7. The second kappa shape index (κ2) is 6.40. The number of rotatable bonds is 3. The zero-order chi connectivity index (χ0) is 12.8. The summed E-state index contributed by atoms with van der Waals surface area (Å²) in [5, 5.41) is 5.74. The minimum Gasteiger partial charge on any atom is -0.381 e. The van der Waals surface area contributed by atoms with Gasteiger partial charge in [0.15, 0.2) is 0 Å². The molecule has 0 radical (unpaired) electrons. The maximum Gasteiger partial charge on any atom is 0.319 e. The largest absolute Gasteiger partial charge is 0.381 e. The number of hydrogen-bond acceptors (Lipinski definition) is 2. The Hall–Kier alpha value is -1.55. The summed E-state index contributed by atoms with van der Waals surface area (Å²) in [5.74, 6) is 0.544. The number of nitrogens with one attached hydrogen (secondary N) is 2. The molecule has 0 spiro atoms. The summed E-state index contributed by atoms with van der Waals surface area (Å²) in [7, 11) is 0. The van der Waals surface area contributed by atoms with Crippen LogP contribution in [0.15, 0.2) is 24.3 Å². The van der Waals surface area contributed by atoms with Crippen LogP contribution in [0.25, 0.3) is 0 Å². The molecule has 2 N–H and O–H groups in total. The summed E-state index contributed by atoms with van der Waals surface area (Å²) in [4.78, 5) is 11.7. The number of carbonyl (C=O) groups is 1. The van der Waals surface area contributed by atoms with Gasteiger partial charge in [0.25, 0.3) is 0 Å². The monoisotopic (exact) mass is 248 g/mol. The van der Waals surface area contributed by atoms with Gasteiger partial charge in [-0.1, -0.05) is 17.7 Å². The first-order chi connectivity index (χ1) is 8.74. The first-order valence-corrected chi connectivity index (χ1v) is 6.43. The van der Waals surface area contributed by atoms with E-state index in [1.54, 1.807) is 0 Å². The van der Waals surface area contributed by atoms with E-state index < -0.39 is 0 Å². The Balaban J connectivity index is 1.73. The number of urea groups is 1. The molecular weight excluding hydrogens is 228 g/mol. The number of hydrogen-bond donors (Lipinski definition) is 2. The van der Waals surface area contributed by atoms with Crippen LogP contribution in [0.2, 0.25) is 0 Å². The number of ether oxygens (including phenoxy) is 1. The van der Waals surface area contributed by atoms with E-state index in [-0.39, 0.29) is 6.03 Å². The molecule has 1 saturated heterocycles. The predicted octanol–water partition coefficient (Wildman–Crippen LogP) is 2.54. The highest BCUT2D eigenvalue weighted by molar-refractivity contribution is 5.89. The van der Waals surface area contributed by atoms with Gasteiger partial charge in [-0.25, -0.2) is 4.79 Å². The topological polar surface area (TPSA) is 50.4 Å². The van der Waals surface area contributed by atoms with Gasteiger partial charge in [-0.2, -0.15) is 0 Å². The summed E-state index contributed by atoms with van der Waals surface area (Å²) in [6.07, 6.45) is 2.07. The minimum atomic E-state index is -0.134. The molecule has 0 aromatic heterocycles. The summed E-state index contributed by atoms with van der Waals surface area (Å²) < 4.78 is 5.29. The fraction of sp³-hybridized carbons (Fsp3) is 0.500. The minimum absolute atomic E-state index is 0.134. The molecule has 1 heterocycles.